The van der Waals surface area contributed by atoms with Crippen molar-refractivity contribution in [3.63, 3.8) is 0 Å². The molecule has 108 valence electrons. The SMILES string of the molecule is Cc1nc(C2CN3CCN2CC3)nc(C)c1CC(=O)O. The number of aliphatic carboxylic acids is 1. The van der Waals surface area contributed by atoms with Crippen LogP contribution in [-0.2, 0) is 11.2 Å². The monoisotopic (exact) mass is 276 g/mol. The summed E-state index contributed by atoms with van der Waals surface area (Å²) in [5.41, 5.74) is 2.35. The van der Waals surface area contributed by atoms with E-state index in [2.05, 4.69) is 19.8 Å². The summed E-state index contributed by atoms with van der Waals surface area (Å²) in [6.07, 6.45) is -0.00154. The van der Waals surface area contributed by atoms with Crippen molar-refractivity contribution in [3.05, 3.63) is 22.8 Å². The Morgan fingerprint density at radius 3 is 2.25 bits per heavy atom. The Morgan fingerprint density at radius 1 is 1.20 bits per heavy atom. The summed E-state index contributed by atoms with van der Waals surface area (Å²) in [4.78, 5) is 25.0. The highest BCUT2D eigenvalue weighted by Gasteiger charge is 2.34. The van der Waals surface area contributed by atoms with Crippen molar-refractivity contribution >= 4 is 5.97 Å². The lowest BCUT2D eigenvalue weighted by atomic mass is 10.0. The molecule has 0 aliphatic carbocycles. The van der Waals surface area contributed by atoms with E-state index in [9.17, 15) is 4.79 Å². The summed E-state index contributed by atoms with van der Waals surface area (Å²) in [6, 6.07) is 0.258. The van der Waals surface area contributed by atoms with Crippen molar-refractivity contribution < 1.29 is 9.90 Å². The number of hydrogen-bond acceptors (Lipinski definition) is 5. The Morgan fingerprint density at radius 2 is 1.80 bits per heavy atom. The van der Waals surface area contributed by atoms with Crippen LogP contribution in [0.1, 0.15) is 28.8 Å². The molecule has 2 bridgehead atoms. The smallest absolute Gasteiger partial charge is 0.307 e. The molecule has 1 unspecified atom stereocenters. The average molecular weight is 276 g/mol. The number of rotatable bonds is 3. The second-order valence-corrected chi connectivity index (χ2v) is 5.65. The van der Waals surface area contributed by atoms with Crippen molar-refractivity contribution in [1.29, 1.82) is 0 Å². The second-order valence-electron chi connectivity index (χ2n) is 5.65. The van der Waals surface area contributed by atoms with E-state index in [-0.39, 0.29) is 12.5 Å². The van der Waals surface area contributed by atoms with Gasteiger partial charge in [0.2, 0.25) is 0 Å². The maximum atomic E-state index is 10.9. The van der Waals surface area contributed by atoms with Crippen molar-refractivity contribution in [2.24, 2.45) is 0 Å². The van der Waals surface area contributed by atoms with Gasteiger partial charge in [0.15, 0.2) is 0 Å². The van der Waals surface area contributed by atoms with Crippen LogP contribution >= 0.6 is 0 Å². The van der Waals surface area contributed by atoms with Gasteiger partial charge in [-0.25, -0.2) is 9.97 Å². The van der Waals surface area contributed by atoms with Gasteiger partial charge in [-0.1, -0.05) is 0 Å². The minimum atomic E-state index is -0.834. The standard InChI is InChI=1S/C14H20N4O2/c1-9-11(7-13(19)20)10(2)16-14(15-9)12-8-17-3-5-18(12)6-4-17/h12H,3-8H2,1-2H3,(H,19,20). The Kier molecular flexibility index (Phi) is 3.43. The van der Waals surface area contributed by atoms with Crippen LogP contribution in [0.15, 0.2) is 0 Å². The second kappa shape index (κ2) is 5.10. The Hall–Kier alpha value is -1.53. The minimum absolute atomic E-state index is 0.00154. The molecule has 1 atom stereocenters. The number of hydrogen-bond donors (Lipinski definition) is 1. The molecule has 4 heterocycles. The number of nitrogens with zero attached hydrogens (tertiary/aromatic N) is 4. The van der Waals surface area contributed by atoms with Gasteiger partial charge < -0.3 is 5.11 Å². The van der Waals surface area contributed by atoms with Gasteiger partial charge in [-0.15, -0.1) is 0 Å². The zero-order valence-corrected chi connectivity index (χ0v) is 12.0. The topological polar surface area (TPSA) is 69.6 Å². The van der Waals surface area contributed by atoms with Crippen LogP contribution in [0.5, 0.6) is 0 Å². The summed E-state index contributed by atoms with van der Waals surface area (Å²) < 4.78 is 0. The quantitative estimate of drug-likeness (QED) is 0.861. The third-order valence-electron chi connectivity index (χ3n) is 4.34. The number of fused-ring (bicyclic) bond motifs is 3. The first-order chi connectivity index (χ1) is 9.54. The molecular weight excluding hydrogens is 256 g/mol. The third-order valence-corrected chi connectivity index (χ3v) is 4.34. The van der Waals surface area contributed by atoms with Crippen molar-refractivity contribution in [3.8, 4) is 0 Å². The zero-order chi connectivity index (χ0) is 14.3. The number of carboxylic acids is 1. The Labute approximate surface area is 118 Å². The first kappa shape index (κ1) is 13.5. The Balaban J connectivity index is 1.90. The van der Waals surface area contributed by atoms with Crippen LogP contribution in [0.4, 0.5) is 0 Å². The van der Waals surface area contributed by atoms with Crippen molar-refractivity contribution in [2.45, 2.75) is 26.3 Å². The number of carbonyl (C=O) groups is 1. The molecule has 1 N–H and O–H groups in total. The van der Waals surface area contributed by atoms with E-state index in [1.165, 1.54) is 0 Å². The van der Waals surface area contributed by atoms with E-state index in [1.807, 2.05) is 13.8 Å². The van der Waals surface area contributed by atoms with E-state index in [0.29, 0.717) is 0 Å². The van der Waals surface area contributed by atoms with Crippen LogP contribution in [0.25, 0.3) is 0 Å². The van der Waals surface area contributed by atoms with Gasteiger partial charge in [-0.3, -0.25) is 14.6 Å². The lowest BCUT2D eigenvalue weighted by molar-refractivity contribution is -0.136. The van der Waals surface area contributed by atoms with E-state index in [1.54, 1.807) is 0 Å². The number of carboxylic acid groups (broad SMARTS) is 1. The molecule has 0 radical (unpaired) electrons. The predicted octanol–water partition coefficient (Wildman–Crippen LogP) is 0.393. The van der Waals surface area contributed by atoms with Crippen LogP contribution in [0.3, 0.4) is 0 Å². The number of piperazine rings is 3. The van der Waals surface area contributed by atoms with Crippen LogP contribution in [0, 0.1) is 13.8 Å². The maximum Gasteiger partial charge on any atom is 0.307 e. The average Bonchev–Trinajstić information content (AvgIpc) is 2.43. The van der Waals surface area contributed by atoms with Gasteiger partial charge in [0.05, 0.1) is 12.5 Å². The van der Waals surface area contributed by atoms with E-state index in [4.69, 9.17) is 5.11 Å². The lowest BCUT2D eigenvalue weighted by Gasteiger charge is -2.46. The van der Waals surface area contributed by atoms with E-state index >= 15 is 0 Å². The fourth-order valence-corrected chi connectivity index (χ4v) is 3.18. The van der Waals surface area contributed by atoms with Gasteiger partial charge >= 0.3 is 5.97 Å². The van der Waals surface area contributed by atoms with Gasteiger partial charge in [0.1, 0.15) is 5.82 Å². The molecular formula is C14H20N4O2. The van der Waals surface area contributed by atoms with Crippen molar-refractivity contribution in [2.75, 3.05) is 32.7 Å². The molecule has 3 fully saturated rings. The lowest BCUT2D eigenvalue weighted by Crippen LogP contribution is -2.57. The van der Waals surface area contributed by atoms with Crippen LogP contribution in [0.2, 0.25) is 0 Å². The van der Waals surface area contributed by atoms with E-state index in [0.717, 1.165) is 55.5 Å². The normalized spacial score (nSPS) is 28.6. The van der Waals surface area contributed by atoms with Gasteiger partial charge in [-0.2, -0.15) is 0 Å². The highest BCUT2D eigenvalue weighted by Crippen LogP contribution is 2.27. The molecule has 3 aliphatic heterocycles. The number of aryl methyl sites for hydroxylation is 2. The molecule has 3 aliphatic rings. The fourth-order valence-electron chi connectivity index (χ4n) is 3.18. The van der Waals surface area contributed by atoms with Gasteiger partial charge in [-0.05, 0) is 13.8 Å². The molecule has 1 aromatic heterocycles. The summed E-state index contributed by atoms with van der Waals surface area (Å²) in [5.74, 6) is 0.0117. The molecule has 1 aromatic rings. The maximum absolute atomic E-state index is 10.9. The minimum Gasteiger partial charge on any atom is -0.481 e. The fraction of sp³-hybridized carbons (Fsp3) is 0.643. The highest BCUT2D eigenvalue weighted by molar-refractivity contribution is 5.70. The molecule has 4 rings (SSSR count). The summed E-state index contributed by atoms with van der Waals surface area (Å²) in [7, 11) is 0. The first-order valence-electron chi connectivity index (χ1n) is 7.07. The largest absolute Gasteiger partial charge is 0.481 e. The third kappa shape index (κ3) is 2.41. The molecule has 3 saturated heterocycles. The van der Waals surface area contributed by atoms with E-state index < -0.39 is 5.97 Å². The summed E-state index contributed by atoms with van der Waals surface area (Å²) in [6.45, 7) is 9.15. The molecule has 0 amide bonds. The molecule has 0 spiro atoms. The Bertz CT molecular complexity index is 515. The predicted molar refractivity (Wildman–Crippen MR) is 73.6 cm³/mol. The highest BCUT2D eigenvalue weighted by atomic mass is 16.4. The molecule has 20 heavy (non-hydrogen) atoms. The zero-order valence-electron chi connectivity index (χ0n) is 12.0. The number of aromatic nitrogens is 2. The van der Waals surface area contributed by atoms with Crippen LogP contribution < -0.4 is 0 Å². The van der Waals surface area contributed by atoms with Crippen molar-refractivity contribution in [1.82, 2.24) is 19.8 Å². The first-order valence-corrected chi connectivity index (χ1v) is 7.07. The summed E-state index contributed by atoms with van der Waals surface area (Å²) >= 11 is 0. The van der Waals surface area contributed by atoms with Gasteiger partial charge in [0.25, 0.3) is 0 Å². The van der Waals surface area contributed by atoms with Gasteiger partial charge in [0, 0.05) is 49.7 Å². The summed E-state index contributed by atoms with van der Waals surface area (Å²) in [5, 5.41) is 8.95. The molecule has 0 aromatic carbocycles. The molecule has 6 heteroatoms. The molecule has 0 saturated carbocycles. The van der Waals surface area contributed by atoms with Crippen LogP contribution in [-0.4, -0.2) is 63.6 Å². The molecule has 6 nitrogen and oxygen atoms in total.